The lowest BCUT2D eigenvalue weighted by molar-refractivity contribution is 1.26. The zero-order valence-corrected chi connectivity index (χ0v) is 12.6. The quantitative estimate of drug-likeness (QED) is 0.621. The van der Waals surface area contributed by atoms with E-state index in [1.807, 2.05) is 24.3 Å². The number of halogens is 1. The van der Waals surface area contributed by atoms with Crippen molar-refractivity contribution in [3.05, 3.63) is 41.1 Å². The van der Waals surface area contributed by atoms with Crippen molar-refractivity contribution in [2.24, 2.45) is 5.73 Å². The van der Waals surface area contributed by atoms with Crippen molar-refractivity contribution in [2.75, 3.05) is 5.32 Å². The zero-order chi connectivity index (χ0) is 14.1. The van der Waals surface area contributed by atoms with E-state index in [0.29, 0.717) is 0 Å². The Morgan fingerprint density at radius 1 is 1.30 bits per heavy atom. The van der Waals surface area contributed by atoms with Gasteiger partial charge in [0.1, 0.15) is 5.82 Å². The fourth-order valence-corrected chi connectivity index (χ4v) is 2.39. The molecule has 0 fully saturated rings. The Labute approximate surface area is 128 Å². The van der Waals surface area contributed by atoms with Gasteiger partial charge in [0.15, 0.2) is 5.11 Å². The number of fused-ring (bicyclic) bond motifs is 1. The standard InChI is InChI=1S/C13H10BrN5S/c14-8-3-7(5-16-6-8)12-18-10-2-1-9(17-13(15)20)4-11(10)19-12/h1-6H,(H,18,19)(H3,15,17,20). The van der Waals surface area contributed by atoms with Crippen LogP contribution in [0.3, 0.4) is 0 Å². The molecule has 0 aliphatic carbocycles. The molecule has 7 heteroatoms. The second-order valence-electron chi connectivity index (χ2n) is 4.20. The minimum atomic E-state index is 0.236. The summed E-state index contributed by atoms with van der Waals surface area (Å²) in [5.74, 6) is 0.765. The Morgan fingerprint density at radius 2 is 2.15 bits per heavy atom. The SMILES string of the molecule is NC(=S)Nc1ccc2nc(-c3cncc(Br)c3)[nH]c2c1. The van der Waals surface area contributed by atoms with Crippen LogP contribution < -0.4 is 11.1 Å². The smallest absolute Gasteiger partial charge is 0.168 e. The van der Waals surface area contributed by atoms with Crippen molar-refractivity contribution in [1.29, 1.82) is 0 Å². The van der Waals surface area contributed by atoms with E-state index in [4.69, 9.17) is 18.0 Å². The zero-order valence-electron chi connectivity index (χ0n) is 10.2. The van der Waals surface area contributed by atoms with Gasteiger partial charge in [0.25, 0.3) is 0 Å². The first-order chi connectivity index (χ1) is 9.61. The number of imidazole rings is 1. The molecule has 3 aromatic rings. The summed E-state index contributed by atoms with van der Waals surface area (Å²) in [5, 5.41) is 3.13. The molecule has 0 bridgehead atoms. The van der Waals surface area contributed by atoms with Crippen LogP contribution in [0.4, 0.5) is 5.69 Å². The summed E-state index contributed by atoms with van der Waals surface area (Å²) in [6.45, 7) is 0. The highest BCUT2D eigenvalue weighted by Crippen LogP contribution is 2.24. The first-order valence-corrected chi connectivity index (χ1v) is 6.99. The summed E-state index contributed by atoms with van der Waals surface area (Å²) >= 11 is 8.22. The molecular formula is C13H10BrN5S. The van der Waals surface area contributed by atoms with Crippen LogP contribution in [0.1, 0.15) is 0 Å². The van der Waals surface area contributed by atoms with Gasteiger partial charge in [-0.1, -0.05) is 0 Å². The number of aromatic amines is 1. The first kappa shape index (κ1) is 13.0. The normalized spacial score (nSPS) is 10.7. The summed E-state index contributed by atoms with van der Waals surface area (Å²) in [6.07, 6.45) is 3.49. The summed E-state index contributed by atoms with van der Waals surface area (Å²) in [5.41, 5.74) is 8.98. The van der Waals surface area contributed by atoms with Crippen LogP contribution in [-0.4, -0.2) is 20.1 Å². The van der Waals surface area contributed by atoms with Crippen LogP contribution in [0.25, 0.3) is 22.4 Å². The number of anilines is 1. The largest absolute Gasteiger partial charge is 0.376 e. The van der Waals surface area contributed by atoms with Gasteiger partial charge in [0.2, 0.25) is 0 Å². The van der Waals surface area contributed by atoms with E-state index in [0.717, 1.165) is 32.6 Å². The maximum absolute atomic E-state index is 5.46. The molecular weight excluding hydrogens is 338 g/mol. The van der Waals surface area contributed by atoms with E-state index in [2.05, 4.69) is 36.2 Å². The Hall–Kier alpha value is -1.99. The number of benzene rings is 1. The van der Waals surface area contributed by atoms with E-state index in [9.17, 15) is 0 Å². The lowest BCUT2D eigenvalue weighted by Gasteiger charge is -2.02. The fourth-order valence-electron chi connectivity index (χ4n) is 1.91. The van der Waals surface area contributed by atoms with Crippen LogP contribution in [0, 0.1) is 0 Å². The lowest BCUT2D eigenvalue weighted by atomic mass is 10.3. The molecule has 0 atom stereocenters. The highest BCUT2D eigenvalue weighted by atomic mass is 79.9. The van der Waals surface area contributed by atoms with Gasteiger partial charge in [-0.2, -0.15) is 0 Å². The number of hydrogen-bond donors (Lipinski definition) is 3. The molecule has 0 spiro atoms. The molecule has 0 saturated heterocycles. The number of rotatable bonds is 2. The Balaban J connectivity index is 2.04. The molecule has 5 nitrogen and oxygen atoms in total. The maximum atomic E-state index is 5.46. The van der Waals surface area contributed by atoms with Crippen LogP contribution in [0.2, 0.25) is 0 Å². The molecule has 0 radical (unpaired) electrons. The number of hydrogen-bond acceptors (Lipinski definition) is 3. The molecule has 100 valence electrons. The predicted octanol–water partition coefficient (Wildman–Crippen LogP) is 3.04. The molecule has 2 aromatic heterocycles. The average molecular weight is 348 g/mol. The highest BCUT2D eigenvalue weighted by Gasteiger charge is 2.07. The van der Waals surface area contributed by atoms with Crippen molar-refractivity contribution in [3.8, 4) is 11.4 Å². The van der Waals surface area contributed by atoms with Crippen LogP contribution >= 0.6 is 28.1 Å². The molecule has 2 heterocycles. The molecule has 1 aromatic carbocycles. The van der Waals surface area contributed by atoms with Crippen molar-refractivity contribution >= 4 is 50.0 Å². The summed E-state index contributed by atoms with van der Waals surface area (Å²) in [7, 11) is 0. The maximum Gasteiger partial charge on any atom is 0.168 e. The minimum Gasteiger partial charge on any atom is -0.376 e. The van der Waals surface area contributed by atoms with E-state index in [1.165, 1.54) is 0 Å². The van der Waals surface area contributed by atoms with Crippen molar-refractivity contribution in [1.82, 2.24) is 15.0 Å². The monoisotopic (exact) mass is 347 g/mol. The third-order valence-corrected chi connectivity index (χ3v) is 3.26. The predicted molar refractivity (Wildman–Crippen MR) is 87.4 cm³/mol. The van der Waals surface area contributed by atoms with Gasteiger partial charge in [-0.3, -0.25) is 4.98 Å². The fraction of sp³-hybridized carbons (Fsp3) is 0. The molecule has 3 rings (SSSR count). The minimum absolute atomic E-state index is 0.236. The van der Waals surface area contributed by atoms with Crippen molar-refractivity contribution < 1.29 is 0 Å². The number of H-pyrrole nitrogens is 1. The van der Waals surface area contributed by atoms with Crippen molar-refractivity contribution in [3.63, 3.8) is 0 Å². The molecule has 0 unspecified atom stereocenters. The van der Waals surface area contributed by atoms with Gasteiger partial charge in [0, 0.05) is 28.1 Å². The first-order valence-electron chi connectivity index (χ1n) is 5.79. The van der Waals surface area contributed by atoms with Crippen LogP contribution in [0.15, 0.2) is 41.1 Å². The van der Waals surface area contributed by atoms with Gasteiger partial charge < -0.3 is 16.0 Å². The number of thiocarbonyl (C=S) groups is 1. The Bertz CT molecular complexity index is 798. The number of nitrogens with zero attached hydrogens (tertiary/aromatic N) is 2. The Morgan fingerprint density at radius 3 is 2.90 bits per heavy atom. The lowest BCUT2D eigenvalue weighted by Crippen LogP contribution is -2.18. The highest BCUT2D eigenvalue weighted by molar-refractivity contribution is 9.10. The second-order valence-corrected chi connectivity index (χ2v) is 5.55. The topological polar surface area (TPSA) is 79.6 Å². The van der Waals surface area contributed by atoms with Gasteiger partial charge in [-0.25, -0.2) is 4.98 Å². The van der Waals surface area contributed by atoms with E-state index in [1.54, 1.807) is 12.4 Å². The van der Waals surface area contributed by atoms with Gasteiger partial charge in [0.05, 0.1) is 11.0 Å². The molecule has 4 N–H and O–H groups in total. The number of aromatic nitrogens is 3. The van der Waals surface area contributed by atoms with E-state index >= 15 is 0 Å². The average Bonchev–Trinajstić information content (AvgIpc) is 2.81. The third kappa shape index (κ3) is 2.63. The van der Waals surface area contributed by atoms with E-state index < -0.39 is 0 Å². The van der Waals surface area contributed by atoms with E-state index in [-0.39, 0.29) is 5.11 Å². The van der Waals surface area contributed by atoms with Crippen LogP contribution in [-0.2, 0) is 0 Å². The molecule has 0 amide bonds. The number of nitrogens with two attached hydrogens (primary N) is 1. The molecule has 0 aliphatic rings. The third-order valence-electron chi connectivity index (χ3n) is 2.73. The second kappa shape index (κ2) is 5.18. The molecule has 0 saturated carbocycles. The summed E-state index contributed by atoms with van der Waals surface area (Å²) in [6, 6.07) is 7.65. The summed E-state index contributed by atoms with van der Waals surface area (Å²) in [4.78, 5) is 11.9. The van der Waals surface area contributed by atoms with Gasteiger partial charge in [-0.15, -0.1) is 0 Å². The van der Waals surface area contributed by atoms with Crippen LogP contribution in [0.5, 0.6) is 0 Å². The number of pyridine rings is 1. The number of nitrogens with one attached hydrogen (secondary N) is 2. The Kier molecular flexibility index (Phi) is 3.37. The van der Waals surface area contributed by atoms with Gasteiger partial charge in [-0.05, 0) is 52.4 Å². The van der Waals surface area contributed by atoms with Gasteiger partial charge >= 0.3 is 0 Å². The summed E-state index contributed by atoms with van der Waals surface area (Å²) < 4.78 is 0.909. The molecule has 20 heavy (non-hydrogen) atoms. The van der Waals surface area contributed by atoms with Crippen molar-refractivity contribution in [2.45, 2.75) is 0 Å². The molecule has 0 aliphatic heterocycles.